The van der Waals surface area contributed by atoms with Crippen LogP contribution in [-0.2, 0) is 9.53 Å². The summed E-state index contributed by atoms with van der Waals surface area (Å²) in [4.78, 5) is 24.5. The number of ether oxygens (including phenoxy) is 1. The van der Waals surface area contributed by atoms with Crippen molar-refractivity contribution in [3.05, 3.63) is 6.42 Å². The Kier molecular flexibility index (Phi) is 7.98. The van der Waals surface area contributed by atoms with Crippen LogP contribution in [-0.4, -0.2) is 62.8 Å². The van der Waals surface area contributed by atoms with Crippen LogP contribution in [0.15, 0.2) is 0 Å². The van der Waals surface area contributed by atoms with E-state index in [0.29, 0.717) is 19.5 Å². The minimum atomic E-state index is -0.330. The number of nitrogens with zero attached hydrogens (tertiary/aromatic N) is 1. The Morgan fingerprint density at radius 2 is 2.05 bits per heavy atom. The molecule has 115 valence electrons. The average Bonchev–Trinajstić information content (AvgIpc) is 2.39. The van der Waals surface area contributed by atoms with E-state index in [4.69, 9.17) is 10.5 Å². The number of hydrogen-bond donors (Lipinski definition) is 3. The summed E-state index contributed by atoms with van der Waals surface area (Å²) in [5.74, 6) is -0.259. The van der Waals surface area contributed by atoms with Crippen molar-refractivity contribution in [1.82, 2.24) is 15.5 Å². The number of amides is 3. The van der Waals surface area contributed by atoms with Gasteiger partial charge in [0.1, 0.15) is 0 Å². The molecule has 4 N–H and O–H groups in total. The van der Waals surface area contributed by atoms with Gasteiger partial charge in [0, 0.05) is 39.1 Å². The lowest BCUT2D eigenvalue weighted by Crippen LogP contribution is -2.44. The number of primary amides is 1. The van der Waals surface area contributed by atoms with Gasteiger partial charge in [-0.1, -0.05) is 6.92 Å². The highest BCUT2D eigenvalue weighted by atomic mass is 16.5. The predicted octanol–water partition coefficient (Wildman–Crippen LogP) is -0.666. The number of carbonyl (C=O) groups excluding carboxylic acids is 2. The van der Waals surface area contributed by atoms with Crippen molar-refractivity contribution in [2.45, 2.75) is 13.3 Å². The van der Waals surface area contributed by atoms with Crippen molar-refractivity contribution >= 4 is 11.9 Å². The molecule has 0 aromatic rings. The third-order valence-electron chi connectivity index (χ3n) is 3.12. The topological polar surface area (TPSA) is 96.7 Å². The summed E-state index contributed by atoms with van der Waals surface area (Å²) >= 11 is 0. The fraction of sp³-hybridized carbons (Fsp3) is 0.769. The summed E-state index contributed by atoms with van der Waals surface area (Å²) in [6.07, 6.45) is 2.17. The van der Waals surface area contributed by atoms with Gasteiger partial charge in [-0.3, -0.25) is 9.69 Å². The smallest absolute Gasteiger partial charge is 0.314 e. The van der Waals surface area contributed by atoms with Crippen LogP contribution in [0.2, 0.25) is 0 Å². The van der Waals surface area contributed by atoms with E-state index in [9.17, 15) is 9.59 Å². The highest BCUT2D eigenvalue weighted by molar-refractivity contribution is 5.74. The predicted molar refractivity (Wildman–Crippen MR) is 75.9 cm³/mol. The lowest BCUT2D eigenvalue weighted by Gasteiger charge is -2.26. The van der Waals surface area contributed by atoms with Gasteiger partial charge < -0.3 is 21.1 Å². The first-order valence-corrected chi connectivity index (χ1v) is 7.01. The minimum absolute atomic E-state index is 0.0705. The van der Waals surface area contributed by atoms with Crippen LogP contribution in [0.4, 0.5) is 4.79 Å². The molecule has 1 aliphatic rings. The maximum absolute atomic E-state index is 11.5. The Morgan fingerprint density at radius 1 is 1.35 bits per heavy atom. The molecule has 7 heteroatoms. The van der Waals surface area contributed by atoms with Gasteiger partial charge in [-0.05, 0) is 12.3 Å². The number of nitrogens with one attached hydrogen (secondary N) is 2. The van der Waals surface area contributed by atoms with Crippen molar-refractivity contribution in [2.75, 3.05) is 45.9 Å². The number of carbonyl (C=O) groups is 2. The molecule has 0 unspecified atom stereocenters. The standard InChI is InChI=1S/C13H25N4O3/c1-11(10-12(14)18)2-3-15-13(19)16-4-5-17-6-8-20-9-7-17/h2,11H,3-10H2,1H3,(H2,14,18)(H2,15,16,19)/t11-/m0/s1. The SMILES string of the molecule is C[C@@H]([CH]CNC(=O)NCCN1CCOCC1)CC(N)=O. The van der Waals surface area contributed by atoms with Crippen LogP contribution in [0, 0.1) is 12.3 Å². The highest BCUT2D eigenvalue weighted by Gasteiger charge is 2.10. The molecule has 20 heavy (non-hydrogen) atoms. The fourth-order valence-electron chi connectivity index (χ4n) is 1.97. The monoisotopic (exact) mass is 285 g/mol. The summed E-state index contributed by atoms with van der Waals surface area (Å²) in [5.41, 5.74) is 5.09. The molecule has 0 saturated carbocycles. The second-order valence-corrected chi connectivity index (χ2v) is 4.97. The van der Waals surface area contributed by atoms with Crippen LogP contribution in [0.3, 0.4) is 0 Å². The van der Waals surface area contributed by atoms with E-state index in [0.717, 1.165) is 32.8 Å². The molecule has 0 aromatic heterocycles. The maximum atomic E-state index is 11.5. The third-order valence-corrected chi connectivity index (χ3v) is 3.12. The summed E-state index contributed by atoms with van der Waals surface area (Å²) < 4.78 is 5.25. The normalized spacial score (nSPS) is 17.4. The number of nitrogens with two attached hydrogens (primary N) is 1. The molecular weight excluding hydrogens is 260 g/mol. The van der Waals surface area contributed by atoms with E-state index in [-0.39, 0.29) is 17.9 Å². The van der Waals surface area contributed by atoms with E-state index in [1.54, 1.807) is 0 Å². The lowest BCUT2D eigenvalue weighted by atomic mass is 10.0. The van der Waals surface area contributed by atoms with Crippen molar-refractivity contribution < 1.29 is 14.3 Å². The van der Waals surface area contributed by atoms with Gasteiger partial charge in [0.05, 0.1) is 13.2 Å². The number of morpholine rings is 1. The van der Waals surface area contributed by atoms with Crippen LogP contribution >= 0.6 is 0 Å². The molecule has 3 amide bonds. The van der Waals surface area contributed by atoms with Gasteiger partial charge >= 0.3 is 6.03 Å². The van der Waals surface area contributed by atoms with Gasteiger partial charge in [-0.2, -0.15) is 0 Å². The van der Waals surface area contributed by atoms with Gasteiger partial charge in [-0.15, -0.1) is 0 Å². The highest BCUT2D eigenvalue weighted by Crippen LogP contribution is 2.03. The zero-order valence-electron chi connectivity index (χ0n) is 12.1. The molecule has 0 aliphatic carbocycles. The molecule has 1 saturated heterocycles. The summed E-state index contributed by atoms with van der Waals surface area (Å²) in [7, 11) is 0. The molecule has 0 aromatic carbocycles. The molecular formula is C13H25N4O3. The first kappa shape index (κ1) is 16.7. The van der Waals surface area contributed by atoms with E-state index in [1.807, 2.05) is 13.3 Å². The molecule has 1 fully saturated rings. The Morgan fingerprint density at radius 3 is 2.70 bits per heavy atom. The molecule has 0 bridgehead atoms. The molecule has 1 atom stereocenters. The summed E-state index contributed by atoms with van der Waals surface area (Å²) in [6, 6.07) is -0.194. The zero-order chi connectivity index (χ0) is 14.8. The zero-order valence-corrected chi connectivity index (χ0v) is 12.1. The Labute approximate surface area is 120 Å². The average molecular weight is 285 g/mol. The van der Waals surface area contributed by atoms with Crippen LogP contribution in [0.1, 0.15) is 13.3 Å². The lowest BCUT2D eigenvalue weighted by molar-refractivity contribution is -0.118. The molecule has 0 spiro atoms. The number of rotatable bonds is 8. The van der Waals surface area contributed by atoms with E-state index < -0.39 is 0 Å². The maximum Gasteiger partial charge on any atom is 0.314 e. The molecule has 1 aliphatic heterocycles. The fourth-order valence-corrected chi connectivity index (χ4v) is 1.97. The van der Waals surface area contributed by atoms with E-state index >= 15 is 0 Å². The van der Waals surface area contributed by atoms with Gasteiger partial charge in [0.25, 0.3) is 0 Å². The number of hydrogen-bond acceptors (Lipinski definition) is 4. The minimum Gasteiger partial charge on any atom is -0.379 e. The molecule has 7 nitrogen and oxygen atoms in total. The van der Waals surface area contributed by atoms with Crippen molar-refractivity contribution in [3.63, 3.8) is 0 Å². The van der Waals surface area contributed by atoms with Gasteiger partial charge in [-0.25, -0.2) is 4.79 Å². The molecule has 1 heterocycles. The second kappa shape index (κ2) is 9.55. The Bertz CT molecular complexity index is 306. The third kappa shape index (κ3) is 7.96. The van der Waals surface area contributed by atoms with Gasteiger partial charge in [0.15, 0.2) is 0 Å². The molecule has 1 rings (SSSR count). The van der Waals surface area contributed by atoms with Gasteiger partial charge in [0.2, 0.25) is 5.91 Å². The van der Waals surface area contributed by atoms with Crippen LogP contribution in [0.5, 0.6) is 0 Å². The van der Waals surface area contributed by atoms with Crippen molar-refractivity contribution in [3.8, 4) is 0 Å². The van der Waals surface area contributed by atoms with Crippen LogP contribution < -0.4 is 16.4 Å². The van der Waals surface area contributed by atoms with Crippen LogP contribution in [0.25, 0.3) is 0 Å². The first-order valence-electron chi connectivity index (χ1n) is 7.01. The Balaban J connectivity index is 1.98. The molecule has 1 radical (unpaired) electrons. The Hall–Kier alpha value is -1.34. The van der Waals surface area contributed by atoms with E-state index in [2.05, 4.69) is 15.5 Å². The first-order chi connectivity index (χ1) is 9.58. The second-order valence-electron chi connectivity index (χ2n) is 4.97. The largest absolute Gasteiger partial charge is 0.379 e. The summed E-state index contributed by atoms with van der Waals surface area (Å²) in [5, 5.41) is 5.52. The number of urea groups is 1. The van der Waals surface area contributed by atoms with Crippen molar-refractivity contribution in [2.24, 2.45) is 11.7 Å². The quantitative estimate of drug-likeness (QED) is 0.551. The van der Waals surface area contributed by atoms with E-state index in [1.165, 1.54) is 0 Å². The van der Waals surface area contributed by atoms with Crippen molar-refractivity contribution in [1.29, 1.82) is 0 Å². The summed E-state index contributed by atoms with van der Waals surface area (Å²) in [6.45, 7) is 7.13.